The second-order valence-electron chi connectivity index (χ2n) is 8.71. The number of benzene rings is 1. The van der Waals surface area contributed by atoms with Crippen molar-refractivity contribution >= 4 is 11.8 Å². The monoisotopic (exact) mass is 424 g/mol. The number of rotatable bonds is 6. The summed E-state index contributed by atoms with van der Waals surface area (Å²) in [7, 11) is 0. The third-order valence-corrected chi connectivity index (χ3v) is 6.20. The Kier molecular flexibility index (Phi) is 6.30. The third-order valence-electron chi connectivity index (χ3n) is 6.20. The first-order chi connectivity index (χ1) is 14.9. The number of piperidine rings is 1. The Balaban J connectivity index is 1.39. The van der Waals surface area contributed by atoms with Crippen LogP contribution in [0, 0.1) is 25.6 Å². The summed E-state index contributed by atoms with van der Waals surface area (Å²) >= 11 is 0. The molecular weight excluding hydrogens is 395 g/mol. The summed E-state index contributed by atoms with van der Waals surface area (Å²) in [5.74, 6) is 1.03. The fourth-order valence-electron chi connectivity index (χ4n) is 4.21. The molecule has 0 spiro atoms. The van der Waals surface area contributed by atoms with Crippen LogP contribution in [-0.2, 0) is 22.6 Å². The molecule has 31 heavy (non-hydrogen) atoms. The minimum Gasteiger partial charge on any atom is -0.352 e. The van der Waals surface area contributed by atoms with Crippen LogP contribution in [0.2, 0.25) is 0 Å². The Morgan fingerprint density at radius 2 is 1.77 bits per heavy atom. The number of nitrogens with one attached hydrogen (secondary N) is 1. The van der Waals surface area contributed by atoms with E-state index < -0.39 is 0 Å². The minimum atomic E-state index is -0.295. The van der Waals surface area contributed by atoms with E-state index in [1.165, 1.54) is 12.1 Å². The average Bonchev–Trinajstić information content (AvgIpc) is 3.61. The summed E-state index contributed by atoms with van der Waals surface area (Å²) in [5, 5.41) is 2.87. The number of hydrogen-bond donors (Lipinski definition) is 1. The van der Waals surface area contributed by atoms with Gasteiger partial charge in [0.05, 0.1) is 6.42 Å². The zero-order valence-electron chi connectivity index (χ0n) is 18.2. The van der Waals surface area contributed by atoms with E-state index in [9.17, 15) is 14.0 Å². The molecule has 4 rings (SSSR count). The molecule has 6 nitrogen and oxygen atoms in total. The number of nitrogens with zero attached hydrogens (tertiary/aromatic N) is 3. The van der Waals surface area contributed by atoms with Gasteiger partial charge in [-0.25, -0.2) is 14.4 Å². The molecule has 2 fully saturated rings. The van der Waals surface area contributed by atoms with Gasteiger partial charge in [0, 0.05) is 48.4 Å². The molecule has 1 N–H and O–H groups in total. The van der Waals surface area contributed by atoms with Crippen LogP contribution in [0.15, 0.2) is 24.3 Å². The maximum atomic E-state index is 13.0. The Morgan fingerprint density at radius 3 is 2.42 bits per heavy atom. The second-order valence-corrected chi connectivity index (χ2v) is 8.71. The quantitative estimate of drug-likeness (QED) is 0.773. The van der Waals surface area contributed by atoms with Gasteiger partial charge in [0.1, 0.15) is 11.6 Å². The summed E-state index contributed by atoms with van der Waals surface area (Å²) in [6.45, 7) is 5.69. The average molecular weight is 425 g/mol. The van der Waals surface area contributed by atoms with Gasteiger partial charge in [-0.15, -0.1) is 0 Å². The van der Waals surface area contributed by atoms with E-state index in [-0.39, 0.29) is 35.9 Å². The summed E-state index contributed by atoms with van der Waals surface area (Å²) in [6, 6.07) is 6.08. The largest absolute Gasteiger partial charge is 0.352 e. The van der Waals surface area contributed by atoms with E-state index >= 15 is 0 Å². The highest BCUT2D eigenvalue weighted by Crippen LogP contribution is 2.34. The first kappa shape index (κ1) is 21.4. The van der Waals surface area contributed by atoms with E-state index in [0.717, 1.165) is 60.6 Å². The molecule has 1 aromatic heterocycles. The van der Waals surface area contributed by atoms with Crippen molar-refractivity contribution in [3.63, 3.8) is 0 Å². The smallest absolute Gasteiger partial charge is 0.225 e. The number of aromatic nitrogens is 2. The van der Waals surface area contributed by atoms with Gasteiger partial charge in [-0.2, -0.15) is 0 Å². The van der Waals surface area contributed by atoms with Gasteiger partial charge in [0.2, 0.25) is 11.8 Å². The van der Waals surface area contributed by atoms with Gasteiger partial charge >= 0.3 is 0 Å². The molecule has 1 saturated carbocycles. The molecule has 1 aliphatic heterocycles. The van der Waals surface area contributed by atoms with Gasteiger partial charge in [0.25, 0.3) is 0 Å². The van der Waals surface area contributed by atoms with E-state index in [1.54, 1.807) is 12.1 Å². The number of likely N-dealkylation sites (tertiary alicyclic amines) is 1. The predicted octanol–water partition coefficient (Wildman–Crippen LogP) is 3.21. The Morgan fingerprint density at radius 1 is 1.10 bits per heavy atom. The minimum absolute atomic E-state index is 0.120. The molecule has 7 heteroatoms. The van der Waals surface area contributed by atoms with Crippen molar-refractivity contribution < 1.29 is 14.0 Å². The molecule has 2 heterocycles. The van der Waals surface area contributed by atoms with Crippen LogP contribution in [0.4, 0.5) is 4.39 Å². The third kappa shape index (κ3) is 5.27. The lowest BCUT2D eigenvalue weighted by molar-refractivity contribution is -0.133. The van der Waals surface area contributed by atoms with Crippen LogP contribution in [0.3, 0.4) is 0 Å². The van der Waals surface area contributed by atoms with Crippen molar-refractivity contribution in [3.05, 3.63) is 58.4 Å². The lowest BCUT2D eigenvalue weighted by Crippen LogP contribution is -2.40. The standard InChI is InChI=1S/C24H29FN4O2/c1-15-21(12-22(30)26-13-17-5-9-20(25)10-6-17)16(2)28-23(27-15)19-4-3-11-29(14-19)24(31)18-7-8-18/h5-6,9-10,18-19H,3-4,7-8,11-14H2,1-2H3,(H,26,30). The normalized spacial score (nSPS) is 18.7. The highest BCUT2D eigenvalue weighted by Gasteiger charge is 2.36. The van der Waals surface area contributed by atoms with Crippen molar-refractivity contribution in [2.75, 3.05) is 13.1 Å². The van der Waals surface area contributed by atoms with Crippen LogP contribution >= 0.6 is 0 Å². The Bertz CT molecular complexity index is 949. The molecule has 0 bridgehead atoms. The summed E-state index contributed by atoms with van der Waals surface area (Å²) in [6.07, 6.45) is 4.19. The Labute approximate surface area is 182 Å². The van der Waals surface area contributed by atoms with Gasteiger partial charge in [0.15, 0.2) is 0 Å². The van der Waals surface area contributed by atoms with E-state index in [0.29, 0.717) is 13.1 Å². The lowest BCUT2D eigenvalue weighted by Gasteiger charge is -2.32. The molecule has 1 aliphatic carbocycles. The molecule has 1 unspecified atom stereocenters. The van der Waals surface area contributed by atoms with Crippen molar-refractivity contribution in [2.24, 2.45) is 5.92 Å². The SMILES string of the molecule is Cc1nc(C2CCCN(C(=O)C3CC3)C2)nc(C)c1CC(=O)NCc1ccc(F)cc1. The molecule has 0 radical (unpaired) electrons. The fraction of sp³-hybridized carbons (Fsp3) is 0.500. The van der Waals surface area contributed by atoms with Gasteiger partial charge in [-0.05, 0) is 57.2 Å². The maximum Gasteiger partial charge on any atom is 0.225 e. The molecule has 2 aromatic rings. The zero-order valence-corrected chi connectivity index (χ0v) is 18.2. The maximum absolute atomic E-state index is 13.0. The first-order valence-corrected chi connectivity index (χ1v) is 11.0. The van der Waals surface area contributed by atoms with Gasteiger partial charge in [-0.3, -0.25) is 9.59 Å². The highest BCUT2D eigenvalue weighted by molar-refractivity contribution is 5.81. The topological polar surface area (TPSA) is 75.2 Å². The van der Waals surface area contributed by atoms with Crippen molar-refractivity contribution in [1.82, 2.24) is 20.2 Å². The van der Waals surface area contributed by atoms with Crippen molar-refractivity contribution in [1.29, 1.82) is 0 Å². The molecular formula is C24H29FN4O2. The fourth-order valence-corrected chi connectivity index (χ4v) is 4.21. The summed E-state index contributed by atoms with van der Waals surface area (Å²) in [4.78, 5) is 36.3. The van der Waals surface area contributed by atoms with Gasteiger partial charge < -0.3 is 10.2 Å². The molecule has 1 saturated heterocycles. The number of aryl methyl sites for hydroxylation is 2. The van der Waals surface area contributed by atoms with Crippen LogP contribution in [0.25, 0.3) is 0 Å². The molecule has 1 aromatic carbocycles. The number of amides is 2. The summed E-state index contributed by atoms with van der Waals surface area (Å²) < 4.78 is 13.0. The second kappa shape index (κ2) is 9.12. The molecule has 2 amide bonds. The van der Waals surface area contributed by atoms with E-state index in [2.05, 4.69) is 5.32 Å². The zero-order chi connectivity index (χ0) is 22.0. The van der Waals surface area contributed by atoms with E-state index in [1.807, 2.05) is 18.7 Å². The number of carbonyl (C=O) groups excluding carboxylic acids is 2. The first-order valence-electron chi connectivity index (χ1n) is 11.0. The molecule has 1 atom stereocenters. The molecule has 2 aliphatic rings. The van der Waals surface area contributed by atoms with Crippen LogP contribution < -0.4 is 5.32 Å². The van der Waals surface area contributed by atoms with Crippen LogP contribution in [0.5, 0.6) is 0 Å². The lowest BCUT2D eigenvalue weighted by atomic mass is 9.96. The number of carbonyl (C=O) groups is 2. The van der Waals surface area contributed by atoms with Crippen molar-refractivity contribution in [3.8, 4) is 0 Å². The highest BCUT2D eigenvalue weighted by atomic mass is 19.1. The Hall–Kier alpha value is -2.83. The van der Waals surface area contributed by atoms with E-state index in [4.69, 9.17) is 9.97 Å². The number of hydrogen-bond acceptors (Lipinski definition) is 4. The van der Waals surface area contributed by atoms with Crippen molar-refractivity contribution in [2.45, 2.75) is 58.4 Å². The van der Waals surface area contributed by atoms with Gasteiger partial charge in [-0.1, -0.05) is 12.1 Å². The summed E-state index contributed by atoms with van der Waals surface area (Å²) in [5.41, 5.74) is 3.30. The predicted molar refractivity (Wildman–Crippen MR) is 115 cm³/mol. The van der Waals surface area contributed by atoms with Crippen LogP contribution in [-0.4, -0.2) is 39.8 Å². The van der Waals surface area contributed by atoms with Crippen LogP contribution in [0.1, 0.15) is 59.9 Å². The molecule has 164 valence electrons. The number of halogens is 1.